The molecule has 136 valence electrons. The van der Waals surface area contributed by atoms with E-state index in [1.165, 1.54) is 10.5 Å². The van der Waals surface area contributed by atoms with Crippen molar-refractivity contribution in [2.45, 2.75) is 32.2 Å². The van der Waals surface area contributed by atoms with Crippen molar-refractivity contribution in [3.8, 4) is 5.75 Å². The van der Waals surface area contributed by atoms with Crippen LogP contribution in [0.5, 0.6) is 5.75 Å². The van der Waals surface area contributed by atoms with E-state index in [4.69, 9.17) is 4.74 Å². The zero-order chi connectivity index (χ0) is 18.7. The molecule has 1 heterocycles. The molecule has 1 fully saturated rings. The van der Waals surface area contributed by atoms with Crippen molar-refractivity contribution in [1.29, 1.82) is 0 Å². The minimum Gasteiger partial charge on any atom is -0.492 e. The Bertz CT molecular complexity index is 787. The molecular weight excluding hydrogens is 328 g/mol. The largest absolute Gasteiger partial charge is 0.492 e. The van der Waals surface area contributed by atoms with Crippen molar-refractivity contribution >= 4 is 11.9 Å². The van der Waals surface area contributed by atoms with Crippen LogP contribution >= 0.6 is 0 Å². The number of carbonyl (C=O) groups excluding carboxylic acids is 2. The zero-order valence-corrected chi connectivity index (χ0v) is 15.4. The van der Waals surface area contributed by atoms with Gasteiger partial charge in [0.05, 0.1) is 6.54 Å². The summed E-state index contributed by atoms with van der Waals surface area (Å²) in [5.74, 6) is 0.875. The Morgan fingerprint density at radius 1 is 1.04 bits per heavy atom. The van der Waals surface area contributed by atoms with Crippen molar-refractivity contribution < 1.29 is 14.3 Å². The van der Waals surface area contributed by atoms with E-state index >= 15 is 0 Å². The summed E-state index contributed by atoms with van der Waals surface area (Å²) in [5.41, 5.74) is 0.938. The Morgan fingerprint density at radius 3 is 2.31 bits per heavy atom. The monoisotopic (exact) mass is 352 g/mol. The number of nitrogens with zero attached hydrogens (tertiary/aromatic N) is 1. The lowest BCUT2D eigenvalue weighted by Gasteiger charge is -2.23. The maximum Gasteiger partial charge on any atom is 0.325 e. The smallest absolute Gasteiger partial charge is 0.325 e. The number of ether oxygens (including phenoxy) is 1. The molecule has 3 amide bonds. The Labute approximate surface area is 154 Å². The van der Waals surface area contributed by atoms with Crippen LogP contribution < -0.4 is 10.1 Å². The van der Waals surface area contributed by atoms with E-state index < -0.39 is 5.54 Å². The van der Waals surface area contributed by atoms with Crippen LogP contribution in [0.3, 0.4) is 0 Å². The predicted octanol–water partition coefficient (Wildman–Crippen LogP) is 3.66. The van der Waals surface area contributed by atoms with Crippen molar-refractivity contribution in [2.75, 3.05) is 13.2 Å². The highest BCUT2D eigenvalue weighted by Gasteiger charge is 2.48. The summed E-state index contributed by atoms with van der Waals surface area (Å²) >= 11 is 0. The number of urea groups is 1. The van der Waals surface area contributed by atoms with Crippen LogP contribution in [-0.2, 0) is 10.3 Å². The Hall–Kier alpha value is -2.82. The first-order valence-corrected chi connectivity index (χ1v) is 8.84. The number of hydrogen-bond acceptors (Lipinski definition) is 3. The third kappa shape index (κ3) is 3.43. The third-order valence-electron chi connectivity index (χ3n) is 4.76. The van der Waals surface area contributed by atoms with E-state index in [1.54, 1.807) is 6.92 Å². The highest BCUT2D eigenvalue weighted by atomic mass is 16.5. The van der Waals surface area contributed by atoms with Gasteiger partial charge in [-0.15, -0.1) is 0 Å². The summed E-state index contributed by atoms with van der Waals surface area (Å²) < 4.78 is 5.61. The second-order valence-corrected chi connectivity index (χ2v) is 6.95. The molecule has 1 aliphatic heterocycles. The molecule has 26 heavy (non-hydrogen) atoms. The number of para-hydroxylation sites is 1. The molecular formula is C21H24N2O3. The summed E-state index contributed by atoms with van der Waals surface area (Å²) in [6.07, 6.45) is 0. The number of rotatable bonds is 6. The van der Waals surface area contributed by atoms with Crippen LogP contribution in [-0.4, -0.2) is 30.0 Å². The fraction of sp³-hybridized carbons (Fsp3) is 0.333. The van der Waals surface area contributed by atoms with Crippen LogP contribution in [0.15, 0.2) is 54.6 Å². The summed E-state index contributed by atoms with van der Waals surface area (Å²) in [4.78, 5) is 26.4. The molecule has 0 radical (unpaired) electrons. The summed E-state index contributed by atoms with van der Waals surface area (Å²) in [6, 6.07) is 16.8. The van der Waals surface area contributed by atoms with Crippen molar-refractivity contribution in [3.63, 3.8) is 0 Å². The molecule has 2 aromatic rings. The molecule has 0 spiro atoms. The molecule has 1 N–H and O–H groups in total. The van der Waals surface area contributed by atoms with Gasteiger partial charge < -0.3 is 10.1 Å². The van der Waals surface area contributed by atoms with Gasteiger partial charge in [-0.1, -0.05) is 56.3 Å². The Kier molecular flexibility index (Phi) is 4.98. The summed E-state index contributed by atoms with van der Waals surface area (Å²) in [6.45, 7) is 6.45. The van der Waals surface area contributed by atoms with Crippen molar-refractivity contribution in [1.82, 2.24) is 10.2 Å². The fourth-order valence-corrected chi connectivity index (χ4v) is 3.07. The minimum absolute atomic E-state index is 0.208. The van der Waals surface area contributed by atoms with Crippen LogP contribution in [0, 0.1) is 0 Å². The molecule has 1 atom stereocenters. The van der Waals surface area contributed by atoms with Gasteiger partial charge in [-0.3, -0.25) is 9.69 Å². The number of carbonyl (C=O) groups is 2. The van der Waals surface area contributed by atoms with E-state index in [2.05, 4.69) is 19.2 Å². The van der Waals surface area contributed by atoms with Gasteiger partial charge in [-0.2, -0.15) is 0 Å². The Balaban J connectivity index is 1.69. The molecule has 0 saturated carbocycles. The molecule has 1 saturated heterocycles. The van der Waals surface area contributed by atoms with Gasteiger partial charge in [0.1, 0.15) is 17.9 Å². The summed E-state index contributed by atoms with van der Waals surface area (Å²) in [7, 11) is 0. The topological polar surface area (TPSA) is 58.6 Å². The van der Waals surface area contributed by atoms with E-state index in [1.807, 2.05) is 54.6 Å². The molecule has 0 unspecified atom stereocenters. The van der Waals surface area contributed by atoms with E-state index in [0.29, 0.717) is 11.7 Å². The maximum absolute atomic E-state index is 12.9. The van der Waals surface area contributed by atoms with Gasteiger partial charge in [0, 0.05) is 0 Å². The average molecular weight is 352 g/mol. The van der Waals surface area contributed by atoms with E-state index in [9.17, 15) is 9.59 Å². The number of hydrogen-bond donors (Lipinski definition) is 1. The number of nitrogens with one attached hydrogen (secondary N) is 1. The van der Waals surface area contributed by atoms with Gasteiger partial charge in [-0.25, -0.2) is 4.79 Å². The second-order valence-electron chi connectivity index (χ2n) is 6.95. The third-order valence-corrected chi connectivity index (χ3v) is 4.76. The molecule has 0 aliphatic carbocycles. The molecule has 3 rings (SSSR count). The maximum atomic E-state index is 12.9. The molecule has 5 nitrogen and oxygen atoms in total. The predicted molar refractivity (Wildman–Crippen MR) is 100 cm³/mol. The lowest BCUT2D eigenvalue weighted by atomic mass is 9.90. The van der Waals surface area contributed by atoms with Gasteiger partial charge in [0.25, 0.3) is 5.91 Å². The van der Waals surface area contributed by atoms with Crippen molar-refractivity contribution in [3.05, 3.63) is 65.7 Å². The first-order valence-electron chi connectivity index (χ1n) is 8.84. The van der Waals surface area contributed by atoms with Crippen LogP contribution in [0.25, 0.3) is 0 Å². The average Bonchev–Trinajstić information content (AvgIpc) is 2.86. The van der Waals surface area contributed by atoms with Gasteiger partial charge >= 0.3 is 6.03 Å². The molecule has 5 heteroatoms. The fourth-order valence-electron chi connectivity index (χ4n) is 3.07. The first-order chi connectivity index (χ1) is 12.4. The van der Waals surface area contributed by atoms with Crippen LogP contribution in [0.2, 0.25) is 0 Å². The first kappa shape index (κ1) is 18.0. The Morgan fingerprint density at radius 2 is 1.69 bits per heavy atom. The van der Waals surface area contributed by atoms with Crippen LogP contribution in [0.1, 0.15) is 37.8 Å². The van der Waals surface area contributed by atoms with Gasteiger partial charge in [-0.05, 0) is 36.1 Å². The van der Waals surface area contributed by atoms with Gasteiger partial charge in [0.2, 0.25) is 0 Å². The number of benzene rings is 2. The SMILES string of the molecule is CC(C)c1ccc([C@]2(C)NC(=O)N(CCOc3ccccc3)C2=O)cc1. The highest BCUT2D eigenvalue weighted by Crippen LogP contribution is 2.29. The lowest BCUT2D eigenvalue weighted by molar-refractivity contribution is -0.131. The lowest BCUT2D eigenvalue weighted by Crippen LogP contribution is -2.41. The molecule has 0 aromatic heterocycles. The number of amides is 3. The second kappa shape index (κ2) is 7.20. The van der Waals surface area contributed by atoms with Crippen LogP contribution in [0.4, 0.5) is 4.79 Å². The zero-order valence-electron chi connectivity index (χ0n) is 15.4. The molecule has 2 aromatic carbocycles. The quantitative estimate of drug-likeness (QED) is 0.807. The van der Waals surface area contributed by atoms with E-state index in [0.717, 1.165) is 5.56 Å². The highest BCUT2D eigenvalue weighted by molar-refractivity contribution is 6.07. The standard InChI is InChI=1S/C21H24N2O3/c1-15(2)16-9-11-17(12-10-16)21(3)19(24)23(20(25)22-21)13-14-26-18-7-5-4-6-8-18/h4-12,15H,13-14H2,1-3H3,(H,22,25)/t21-/m0/s1. The molecule has 1 aliphatic rings. The number of imide groups is 1. The minimum atomic E-state index is -1.04. The molecule has 0 bridgehead atoms. The normalized spacial score (nSPS) is 19.8. The summed E-state index contributed by atoms with van der Waals surface area (Å²) in [5, 5.41) is 2.83. The van der Waals surface area contributed by atoms with Gasteiger partial charge in [0.15, 0.2) is 0 Å². The van der Waals surface area contributed by atoms with E-state index in [-0.39, 0.29) is 25.1 Å². The van der Waals surface area contributed by atoms with Crippen molar-refractivity contribution in [2.24, 2.45) is 0 Å².